The number of benzene rings is 2. The average Bonchev–Trinajstić information content (AvgIpc) is 3.51. The van der Waals surface area contributed by atoms with E-state index >= 15 is 0 Å². The highest BCUT2D eigenvalue weighted by atomic mass is 16.5. The van der Waals surface area contributed by atoms with Crippen molar-refractivity contribution in [3.8, 4) is 17.0 Å². The molecule has 5 aromatic rings. The molecule has 164 valence electrons. The number of ether oxygens (including phenoxy) is 1. The Balaban J connectivity index is 1.45. The Morgan fingerprint density at radius 2 is 2.00 bits per heavy atom. The lowest BCUT2D eigenvalue weighted by molar-refractivity contribution is 0.0948. The molecule has 0 aliphatic carbocycles. The quantitative estimate of drug-likeness (QED) is 0.383. The zero-order valence-corrected chi connectivity index (χ0v) is 17.9. The van der Waals surface area contributed by atoms with E-state index < -0.39 is 0 Å². The van der Waals surface area contributed by atoms with E-state index in [2.05, 4.69) is 15.6 Å². The summed E-state index contributed by atoms with van der Waals surface area (Å²) in [6.07, 6.45) is 6.84. The third-order valence-electron chi connectivity index (χ3n) is 5.18. The molecule has 2 aromatic carbocycles. The molecule has 3 aromatic heterocycles. The van der Waals surface area contributed by atoms with Crippen LogP contribution in [0, 0.1) is 0 Å². The van der Waals surface area contributed by atoms with E-state index in [1.54, 1.807) is 44.0 Å². The zero-order chi connectivity index (χ0) is 22.6. The van der Waals surface area contributed by atoms with Gasteiger partial charge in [-0.1, -0.05) is 6.07 Å². The fourth-order valence-electron chi connectivity index (χ4n) is 3.53. The average molecular weight is 439 g/mol. The maximum atomic E-state index is 12.6. The van der Waals surface area contributed by atoms with Gasteiger partial charge in [-0.15, -0.1) is 0 Å². The van der Waals surface area contributed by atoms with Crippen molar-refractivity contribution >= 4 is 23.1 Å². The smallest absolute Gasteiger partial charge is 0.251 e. The highest BCUT2D eigenvalue weighted by molar-refractivity contribution is 5.95. The molecule has 0 saturated heterocycles. The Kier molecular flexibility index (Phi) is 5.47. The Morgan fingerprint density at radius 1 is 1.12 bits per heavy atom. The number of hydrogen-bond acceptors (Lipinski definition) is 6. The zero-order valence-electron chi connectivity index (χ0n) is 17.9. The minimum atomic E-state index is -0.187. The van der Waals surface area contributed by atoms with Crippen molar-refractivity contribution in [2.75, 3.05) is 12.4 Å². The van der Waals surface area contributed by atoms with Gasteiger partial charge in [-0.25, -0.2) is 4.98 Å². The van der Waals surface area contributed by atoms with E-state index in [-0.39, 0.29) is 5.91 Å². The van der Waals surface area contributed by atoms with Crippen molar-refractivity contribution in [2.24, 2.45) is 0 Å². The Hall–Kier alpha value is -4.59. The van der Waals surface area contributed by atoms with Gasteiger partial charge < -0.3 is 19.8 Å². The molecule has 3 heterocycles. The van der Waals surface area contributed by atoms with Crippen molar-refractivity contribution in [2.45, 2.75) is 6.54 Å². The summed E-state index contributed by atoms with van der Waals surface area (Å²) in [5.74, 6) is 2.05. The van der Waals surface area contributed by atoms with Gasteiger partial charge in [0.2, 0.25) is 0 Å². The molecule has 0 unspecified atom stereocenters. The van der Waals surface area contributed by atoms with Gasteiger partial charge in [-0.2, -0.15) is 0 Å². The fraction of sp³-hybridized carbons (Fsp3) is 0.0800. The van der Waals surface area contributed by atoms with Crippen LogP contribution in [0.5, 0.6) is 5.75 Å². The highest BCUT2D eigenvalue weighted by Crippen LogP contribution is 2.32. The SMILES string of the molecule is COc1ccc(-c2nc3cnccn3c2Nc2cccc(C(=O)NCc3ccco3)c2)cc1. The van der Waals surface area contributed by atoms with Crippen LogP contribution in [0.2, 0.25) is 0 Å². The van der Waals surface area contributed by atoms with Gasteiger partial charge >= 0.3 is 0 Å². The molecule has 0 spiro atoms. The number of nitrogens with one attached hydrogen (secondary N) is 2. The van der Waals surface area contributed by atoms with Crippen molar-refractivity contribution < 1.29 is 13.9 Å². The van der Waals surface area contributed by atoms with E-state index in [0.29, 0.717) is 23.5 Å². The van der Waals surface area contributed by atoms with E-state index in [9.17, 15) is 4.79 Å². The number of furan rings is 1. The first-order chi connectivity index (χ1) is 16.2. The monoisotopic (exact) mass is 439 g/mol. The predicted octanol–water partition coefficient (Wildman–Crippen LogP) is 4.67. The Bertz CT molecular complexity index is 1390. The molecule has 8 heteroatoms. The van der Waals surface area contributed by atoms with Crippen LogP contribution in [0.25, 0.3) is 16.9 Å². The number of nitrogens with zero attached hydrogens (tertiary/aromatic N) is 3. The summed E-state index contributed by atoms with van der Waals surface area (Å²) in [5, 5.41) is 6.30. The number of fused-ring (bicyclic) bond motifs is 1. The Labute approximate surface area is 189 Å². The van der Waals surface area contributed by atoms with Gasteiger partial charge in [0.05, 0.1) is 26.1 Å². The lowest BCUT2D eigenvalue weighted by atomic mass is 10.1. The molecule has 5 rings (SSSR count). The van der Waals surface area contributed by atoms with Crippen LogP contribution in [0.1, 0.15) is 16.1 Å². The molecule has 0 saturated carbocycles. The van der Waals surface area contributed by atoms with Crippen molar-refractivity contribution in [1.82, 2.24) is 19.7 Å². The molecule has 33 heavy (non-hydrogen) atoms. The van der Waals surface area contributed by atoms with Crippen molar-refractivity contribution in [3.63, 3.8) is 0 Å². The van der Waals surface area contributed by atoms with E-state index in [4.69, 9.17) is 14.1 Å². The van der Waals surface area contributed by atoms with Crippen LogP contribution in [-0.4, -0.2) is 27.4 Å². The van der Waals surface area contributed by atoms with Gasteiger partial charge in [-0.05, 0) is 54.6 Å². The number of rotatable bonds is 7. The number of anilines is 2. The summed E-state index contributed by atoms with van der Waals surface area (Å²) in [6.45, 7) is 0.325. The van der Waals surface area contributed by atoms with Gasteiger partial charge in [-0.3, -0.25) is 14.2 Å². The molecule has 0 aliphatic heterocycles. The lowest BCUT2D eigenvalue weighted by Crippen LogP contribution is -2.22. The van der Waals surface area contributed by atoms with Gasteiger partial charge in [0.25, 0.3) is 5.91 Å². The first kappa shape index (κ1) is 20.3. The first-order valence-corrected chi connectivity index (χ1v) is 10.4. The maximum absolute atomic E-state index is 12.6. The highest BCUT2D eigenvalue weighted by Gasteiger charge is 2.15. The van der Waals surface area contributed by atoms with Crippen LogP contribution in [0.15, 0.2) is 89.9 Å². The number of methoxy groups -OCH3 is 1. The molecular weight excluding hydrogens is 418 g/mol. The van der Waals surface area contributed by atoms with Gasteiger partial charge in [0.1, 0.15) is 23.0 Å². The van der Waals surface area contributed by atoms with Gasteiger partial charge in [0.15, 0.2) is 5.65 Å². The van der Waals surface area contributed by atoms with Crippen LogP contribution in [-0.2, 0) is 6.54 Å². The lowest BCUT2D eigenvalue weighted by Gasteiger charge is -2.11. The standard InChI is InChI=1S/C25H21N5O3/c1-32-20-9-7-17(8-10-20)23-24(30-12-11-26-16-22(30)29-23)28-19-5-2-4-18(14-19)25(31)27-15-21-6-3-13-33-21/h2-14,16,28H,15H2,1H3,(H,27,31). The van der Waals surface area contributed by atoms with Crippen LogP contribution in [0.4, 0.5) is 11.5 Å². The van der Waals surface area contributed by atoms with E-state index in [1.807, 2.05) is 53.1 Å². The van der Waals surface area contributed by atoms with Crippen molar-refractivity contribution in [3.05, 3.63) is 96.8 Å². The Morgan fingerprint density at radius 3 is 2.79 bits per heavy atom. The minimum Gasteiger partial charge on any atom is -0.497 e. The topological polar surface area (TPSA) is 93.7 Å². The largest absolute Gasteiger partial charge is 0.497 e. The molecule has 0 bridgehead atoms. The number of hydrogen-bond donors (Lipinski definition) is 2. The molecule has 0 fully saturated rings. The summed E-state index contributed by atoms with van der Waals surface area (Å²) >= 11 is 0. The first-order valence-electron chi connectivity index (χ1n) is 10.4. The van der Waals surface area contributed by atoms with E-state index in [1.165, 1.54) is 0 Å². The minimum absolute atomic E-state index is 0.187. The van der Waals surface area contributed by atoms with Gasteiger partial charge in [0, 0.05) is 29.2 Å². The predicted molar refractivity (Wildman–Crippen MR) is 125 cm³/mol. The molecule has 0 atom stereocenters. The number of carbonyl (C=O) groups excluding carboxylic acids is 1. The second kappa shape index (κ2) is 8.88. The molecule has 0 radical (unpaired) electrons. The third-order valence-corrected chi connectivity index (χ3v) is 5.18. The summed E-state index contributed by atoms with van der Waals surface area (Å²) in [7, 11) is 1.64. The van der Waals surface area contributed by atoms with Crippen LogP contribution in [0.3, 0.4) is 0 Å². The number of carbonyl (C=O) groups is 1. The number of amides is 1. The van der Waals surface area contributed by atoms with E-state index in [0.717, 1.165) is 28.5 Å². The second-order valence-corrected chi connectivity index (χ2v) is 7.31. The summed E-state index contributed by atoms with van der Waals surface area (Å²) in [6, 6.07) is 18.6. The third kappa shape index (κ3) is 4.27. The molecule has 1 amide bonds. The maximum Gasteiger partial charge on any atom is 0.251 e. The normalized spacial score (nSPS) is 10.8. The molecular formula is C25H21N5O3. The number of aromatic nitrogens is 3. The molecule has 2 N–H and O–H groups in total. The van der Waals surface area contributed by atoms with Crippen LogP contribution >= 0.6 is 0 Å². The summed E-state index contributed by atoms with van der Waals surface area (Å²) in [4.78, 5) is 21.6. The number of imidazole rings is 1. The summed E-state index contributed by atoms with van der Waals surface area (Å²) < 4.78 is 12.5. The fourth-order valence-corrected chi connectivity index (χ4v) is 3.53. The molecule has 0 aliphatic rings. The van der Waals surface area contributed by atoms with Crippen molar-refractivity contribution in [1.29, 1.82) is 0 Å². The van der Waals surface area contributed by atoms with Crippen LogP contribution < -0.4 is 15.4 Å². The summed E-state index contributed by atoms with van der Waals surface area (Å²) in [5.41, 5.74) is 3.69. The second-order valence-electron chi connectivity index (χ2n) is 7.31. The molecule has 8 nitrogen and oxygen atoms in total.